The van der Waals surface area contributed by atoms with Crippen LogP contribution in [0, 0.1) is 10.1 Å². The number of nitro groups is 1. The van der Waals surface area contributed by atoms with Gasteiger partial charge in [-0.05, 0) is 12.5 Å². The van der Waals surface area contributed by atoms with Crippen molar-refractivity contribution in [2.45, 2.75) is 13.3 Å². The highest BCUT2D eigenvalue weighted by Crippen LogP contribution is 2.34. The lowest BCUT2D eigenvalue weighted by Gasteiger charge is -2.08. The highest BCUT2D eigenvalue weighted by atomic mass is 35.5. The minimum absolute atomic E-state index is 0.108. The van der Waals surface area contributed by atoms with Gasteiger partial charge in [-0.25, -0.2) is 4.68 Å². The van der Waals surface area contributed by atoms with Gasteiger partial charge in [0, 0.05) is 11.1 Å². The van der Waals surface area contributed by atoms with E-state index in [1.165, 1.54) is 16.8 Å². The maximum absolute atomic E-state index is 11.1. The Labute approximate surface area is 118 Å². The van der Waals surface area contributed by atoms with Crippen molar-refractivity contribution in [2.75, 3.05) is 5.73 Å². The number of hydrogen-bond donors (Lipinski definition) is 1. The molecule has 0 aliphatic rings. The van der Waals surface area contributed by atoms with Crippen LogP contribution >= 0.6 is 23.2 Å². The zero-order valence-electron chi connectivity index (χ0n) is 9.80. The van der Waals surface area contributed by atoms with Gasteiger partial charge in [-0.2, -0.15) is 0 Å². The number of nitrogens with zero attached hydrogens (tertiary/aromatic N) is 4. The zero-order valence-corrected chi connectivity index (χ0v) is 11.3. The number of nitro benzene ring substituents is 1. The van der Waals surface area contributed by atoms with Gasteiger partial charge in [0.1, 0.15) is 0 Å². The summed E-state index contributed by atoms with van der Waals surface area (Å²) in [6, 6.07) is 2.61. The first-order valence-electron chi connectivity index (χ1n) is 5.29. The normalized spacial score (nSPS) is 10.7. The van der Waals surface area contributed by atoms with Crippen molar-refractivity contribution in [1.29, 1.82) is 0 Å². The predicted octanol–water partition coefficient (Wildman–Crippen LogP) is 2.63. The monoisotopic (exact) mass is 301 g/mol. The summed E-state index contributed by atoms with van der Waals surface area (Å²) >= 11 is 11.8. The van der Waals surface area contributed by atoms with Crippen molar-refractivity contribution in [3.8, 4) is 5.69 Å². The Hall–Kier alpha value is -1.86. The van der Waals surface area contributed by atoms with Crippen molar-refractivity contribution in [3.05, 3.63) is 38.0 Å². The number of halogens is 2. The Morgan fingerprint density at radius 3 is 2.74 bits per heavy atom. The van der Waals surface area contributed by atoms with Crippen LogP contribution < -0.4 is 5.73 Å². The fraction of sp³-hybridized carbons (Fsp3) is 0.200. The Morgan fingerprint density at radius 2 is 2.16 bits per heavy atom. The summed E-state index contributed by atoms with van der Waals surface area (Å²) < 4.78 is 1.27. The van der Waals surface area contributed by atoms with Gasteiger partial charge in [0.05, 0.1) is 15.6 Å². The second kappa shape index (κ2) is 5.02. The molecule has 9 heteroatoms. The molecule has 0 unspecified atom stereocenters. The van der Waals surface area contributed by atoms with E-state index >= 15 is 0 Å². The molecule has 0 saturated heterocycles. The maximum Gasteiger partial charge on any atom is 0.297 e. The molecule has 0 aliphatic carbocycles. The summed E-state index contributed by atoms with van der Waals surface area (Å²) in [5.74, 6) is 0.211. The first-order valence-corrected chi connectivity index (χ1v) is 6.05. The van der Waals surface area contributed by atoms with Gasteiger partial charge in [-0.1, -0.05) is 35.3 Å². The van der Waals surface area contributed by atoms with Crippen LogP contribution in [0.15, 0.2) is 12.1 Å². The van der Waals surface area contributed by atoms with Crippen molar-refractivity contribution in [3.63, 3.8) is 0 Å². The van der Waals surface area contributed by atoms with E-state index in [0.717, 1.165) is 0 Å². The first-order chi connectivity index (χ1) is 8.95. The average Bonchev–Trinajstić information content (AvgIpc) is 2.69. The van der Waals surface area contributed by atoms with E-state index in [1.54, 1.807) is 0 Å². The molecular weight excluding hydrogens is 293 g/mol. The molecule has 0 atom stereocenters. The molecule has 7 nitrogen and oxygen atoms in total. The van der Waals surface area contributed by atoms with Gasteiger partial charge in [0.2, 0.25) is 0 Å². The van der Waals surface area contributed by atoms with Crippen molar-refractivity contribution in [1.82, 2.24) is 15.0 Å². The third kappa shape index (κ3) is 2.34. The third-order valence-corrected chi connectivity index (χ3v) is 3.05. The van der Waals surface area contributed by atoms with E-state index in [1.807, 2.05) is 6.92 Å². The Balaban J connectivity index is 2.77. The number of nitrogen functional groups attached to an aromatic ring is 1. The number of rotatable bonds is 3. The minimum atomic E-state index is -0.579. The Morgan fingerprint density at radius 1 is 1.47 bits per heavy atom. The van der Waals surface area contributed by atoms with Crippen LogP contribution in [-0.2, 0) is 6.42 Å². The molecule has 1 heterocycles. The summed E-state index contributed by atoms with van der Waals surface area (Å²) in [7, 11) is 0. The molecule has 0 saturated carbocycles. The number of benzene rings is 1. The van der Waals surface area contributed by atoms with Gasteiger partial charge in [0.15, 0.2) is 11.5 Å². The molecule has 2 N–H and O–H groups in total. The second-order valence-electron chi connectivity index (χ2n) is 3.70. The lowest BCUT2D eigenvalue weighted by molar-refractivity contribution is -0.384. The number of anilines is 1. The molecule has 1 aromatic heterocycles. The van der Waals surface area contributed by atoms with E-state index in [-0.39, 0.29) is 27.2 Å². The highest BCUT2D eigenvalue weighted by molar-refractivity contribution is 6.36. The minimum Gasteiger partial charge on any atom is -0.381 e. The van der Waals surface area contributed by atoms with Crippen molar-refractivity contribution >= 4 is 34.7 Å². The molecule has 19 heavy (non-hydrogen) atoms. The Bertz CT molecular complexity index is 656. The molecule has 0 bridgehead atoms. The quantitative estimate of drug-likeness (QED) is 0.694. The molecular formula is C10H9Cl2N5O2. The van der Waals surface area contributed by atoms with Crippen LogP contribution in [0.4, 0.5) is 11.5 Å². The zero-order chi connectivity index (χ0) is 14.2. The largest absolute Gasteiger partial charge is 0.381 e. The van der Waals surface area contributed by atoms with Crippen LogP contribution in [0.1, 0.15) is 12.6 Å². The fourth-order valence-electron chi connectivity index (χ4n) is 1.72. The molecule has 2 rings (SSSR count). The predicted molar refractivity (Wildman–Crippen MR) is 71.8 cm³/mol. The van der Waals surface area contributed by atoms with E-state index in [9.17, 15) is 10.1 Å². The van der Waals surface area contributed by atoms with Crippen LogP contribution in [0.25, 0.3) is 5.69 Å². The molecule has 0 spiro atoms. The lowest BCUT2D eigenvalue weighted by Crippen LogP contribution is -2.07. The summed E-state index contributed by atoms with van der Waals surface area (Å²) in [4.78, 5) is 10.5. The molecule has 0 fully saturated rings. The van der Waals surface area contributed by atoms with Gasteiger partial charge >= 0.3 is 0 Å². The summed E-state index contributed by atoms with van der Waals surface area (Å²) in [5.41, 5.74) is 6.07. The third-order valence-electron chi connectivity index (χ3n) is 2.54. The maximum atomic E-state index is 11.1. The standard InChI is InChI=1S/C10H9Cl2N5O2/c1-2-7-10(13)14-15-16(7)9-6(12)3-5(11)4-8(9)17(18)19/h3-4H,2,13H2,1H3. The molecule has 0 radical (unpaired) electrons. The van der Waals surface area contributed by atoms with E-state index in [2.05, 4.69) is 10.3 Å². The molecule has 0 amide bonds. The Kier molecular flexibility index (Phi) is 3.59. The molecule has 1 aromatic carbocycles. The molecule has 0 aliphatic heterocycles. The van der Waals surface area contributed by atoms with Crippen LogP contribution in [0.3, 0.4) is 0 Å². The molecule has 2 aromatic rings. The van der Waals surface area contributed by atoms with Crippen LogP contribution in [0.2, 0.25) is 10.0 Å². The topological polar surface area (TPSA) is 99.9 Å². The smallest absolute Gasteiger partial charge is 0.297 e. The SMILES string of the molecule is CCc1c(N)nnn1-c1c(Cl)cc(Cl)cc1[N+](=O)[O-]. The van der Waals surface area contributed by atoms with E-state index in [0.29, 0.717) is 12.1 Å². The van der Waals surface area contributed by atoms with E-state index < -0.39 is 4.92 Å². The van der Waals surface area contributed by atoms with Gasteiger partial charge in [-0.15, -0.1) is 5.10 Å². The molecule has 100 valence electrons. The first kappa shape index (κ1) is 13.6. The number of hydrogen-bond acceptors (Lipinski definition) is 5. The highest BCUT2D eigenvalue weighted by Gasteiger charge is 2.24. The van der Waals surface area contributed by atoms with Gasteiger partial charge < -0.3 is 5.73 Å². The number of aromatic nitrogens is 3. The summed E-state index contributed by atoms with van der Waals surface area (Å²) in [5, 5.41) is 18.9. The fourth-order valence-corrected chi connectivity index (χ4v) is 2.29. The van der Waals surface area contributed by atoms with Crippen LogP contribution in [-0.4, -0.2) is 19.9 Å². The summed E-state index contributed by atoms with van der Waals surface area (Å²) in [6.07, 6.45) is 0.509. The van der Waals surface area contributed by atoms with Gasteiger partial charge in [0.25, 0.3) is 5.69 Å². The average molecular weight is 302 g/mol. The van der Waals surface area contributed by atoms with E-state index in [4.69, 9.17) is 28.9 Å². The number of nitrogens with two attached hydrogens (primary N) is 1. The van der Waals surface area contributed by atoms with Crippen molar-refractivity contribution < 1.29 is 4.92 Å². The van der Waals surface area contributed by atoms with Crippen LogP contribution in [0.5, 0.6) is 0 Å². The van der Waals surface area contributed by atoms with Gasteiger partial charge in [-0.3, -0.25) is 10.1 Å². The second-order valence-corrected chi connectivity index (χ2v) is 4.54. The lowest BCUT2D eigenvalue weighted by atomic mass is 10.2. The van der Waals surface area contributed by atoms with Crippen molar-refractivity contribution in [2.24, 2.45) is 0 Å². The summed E-state index contributed by atoms with van der Waals surface area (Å²) in [6.45, 7) is 1.83.